The monoisotopic (exact) mass is 446 g/mol. The molecule has 2 saturated heterocycles. The minimum absolute atomic E-state index is 0.153. The number of nitrogens with one attached hydrogen (secondary N) is 1. The molecule has 0 bridgehead atoms. The summed E-state index contributed by atoms with van der Waals surface area (Å²) in [7, 11) is 0. The maximum absolute atomic E-state index is 12.6. The Balaban J connectivity index is 1.53. The molecule has 2 aliphatic rings. The minimum atomic E-state index is -0.560. The number of carbonyl (C=O) groups excluding carboxylic acids is 4. The van der Waals surface area contributed by atoms with E-state index in [4.69, 9.17) is 9.47 Å². The molecule has 3 rings (SSSR count). The number of urea groups is 1. The predicted molar refractivity (Wildman–Crippen MR) is 117 cm³/mol. The zero-order valence-corrected chi connectivity index (χ0v) is 19.0. The first kappa shape index (κ1) is 23.4. The van der Waals surface area contributed by atoms with Crippen molar-refractivity contribution in [2.75, 3.05) is 44.2 Å². The van der Waals surface area contributed by atoms with E-state index < -0.39 is 11.6 Å². The second-order valence-corrected chi connectivity index (χ2v) is 8.84. The molecule has 2 fully saturated rings. The van der Waals surface area contributed by atoms with Crippen molar-refractivity contribution in [3.8, 4) is 5.75 Å². The maximum Gasteiger partial charge on any atom is 0.410 e. The summed E-state index contributed by atoms with van der Waals surface area (Å²) < 4.78 is 11.1. The maximum atomic E-state index is 12.6. The molecule has 2 heterocycles. The summed E-state index contributed by atoms with van der Waals surface area (Å²) >= 11 is 0. The molecule has 0 aromatic heterocycles. The highest BCUT2D eigenvalue weighted by Gasteiger charge is 2.28. The van der Waals surface area contributed by atoms with Crippen molar-refractivity contribution in [3.63, 3.8) is 0 Å². The number of anilines is 1. The molecule has 1 aromatic carbocycles. The molecule has 1 N–H and O–H groups in total. The minimum Gasteiger partial charge on any atom is -0.484 e. The van der Waals surface area contributed by atoms with Crippen molar-refractivity contribution in [2.24, 2.45) is 0 Å². The van der Waals surface area contributed by atoms with E-state index in [-0.39, 0.29) is 37.5 Å². The number of carbonyl (C=O) groups is 4. The molecule has 0 spiro atoms. The lowest BCUT2D eigenvalue weighted by Crippen LogP contribution is -2.52. The molecule has 0 saturated carbocycles. The predicted octanol–water partition coefficient (Wildman–Crippen LogP) is 1.90. The highest BCUT2D eigenvalue weighted by atomic mass is 16.6. The van der Waals surface area contributed by atoms with Crippen LogP contribution in [0.4, 0.5) is 15.3 Å². The Morgan fingerprint density at radius 3 is 2.31 bits per heavy atom. The summed E-state index contributed by atoms with van der Waals surface area (Å²) in [5, 5.41) is 2.30. The number of piperazine rings is 1. The average Bonchev–Trinajstić information content (AvgIpc) is 2.72. The average molecular weight is 447 g/mol. The van der Waals surface area contributed by atoms with Crippen LogP contribution in [0.5, 0.6) is 5.75 Å². The fraction of sp³-hybridized carbons (Fsp3) is 0.545. The molecular formula is C22H30N4O6. The van der Waals surface area contributed by atoms with E-state index in [1.54, 1.807) is 28.0 Å². The molecule has 0 aliphatic carbocycles. The van der Waals surface area contributed by atoms with Crippen molar-refractivity contribution in [2.45, 2.75) is 39.7 Å². The van der Waals surface area contributed by atoms with Gasteiger partial charge in [0.25, 0.3) is 5.91 Å². The summed E-state index contributed by atoms with van der Waals surface area (Å²) in [6, 6.07) is 4.76. The Morgan fingerprint density at radius 1 is 1.03 bits per heavy atom. The van der Waals surface area contributed by atoms with Crippen molar-refractivity contribution >= 4 is 29.6 Å². The van der Waals surface area contributed by atoms with Gasteiger partial charge < -0.3 is 19.3 Å². The van der Waals surface area contributed by atoms with Gasteiger partial charge in [0, 0.05) is 45.2 Å². The molecular weight excluding hydrogens is 416 g/mol. The molecule has 174 valence electrons. The van der Waals surface area contributed by atoms with Crippen LogP contribution in [0, 0.1) is 6.92 Å². The van der Waals surface area contributed by atoms with Gasteiger partial charge in [0.05, 0.1) is 5.69 Å². The SMILES string of the molecule is Cc1ccc(OCC(=O)N2CCN(C(=O)OC(C)(C)C)CC2)cc1N1CCC(=O)NC1=O. The molecule has 32 heavy (non-hydrogen) atoms. The first-order valence-electron chi connectivity index (χ1n) is 10.6. The molecule has 10 nitrogen and oxygen atoms in total. The van der Waals surface area contributed by atoms with Crippen LogP contribution < -0.4 is 15.0 Å². The van der Waals surface area contributed by atoms with Gasteiger partial charge in [-0.15, -0.1) is 0 Å². The molecule has 2 aliphatic heterocycles. The third-order valence-electron chi connectivity index (χ3n) is 5.17. The van der Waals surface area contributed by atoms with E-state index in [9.17, 15) is 19.2 Å². The van der Waals surface area contributed by atoms with Gasteiger partial charge in [-0.1, -0.05) is 6.07 Å². The lowest BCUT2D eigenvalue weighted by atomic mass is 10.1. The fourth-order valence-corrected chi connectivity index (χ4v) is 3.47. The smallest absolute Gasteiger partial charge is 0.410 e. The standard InChI is InChI=1S/C22H30N4O6/c1-15-5-6-16(13-17(15)26-8-7-18(27)23-20(26)29)31-14-19(28)24-9-11-25(12-10-24)21(30)32-22(2,3)4/h5-6,13H,7-12,14H2,1-4H3,(H,23,27,29). The number of aryl methyl sites for hydroxylation is 1. The van der Waals surface area contributed by atoms with Gasteiger partial charge in [-0.3, -0.25) is 19.8 Å². The van der Waals surface area contributed by atoms with Crippen molar-refractivity contribution in [1.29, 1.82) is 0 Å². The van der Waals surface area contributed by atoms with Gasteiger partial charge in [-0.05, 0) is 39.3 Å². The first-order chi connectivity index (χ1) is 15.0. The van der Waals surface area contributed by atoms with Crippen LogP contribution in [0.1, 0.15) is 32.8 Å². The summed E-state index contributed by atoms with van der Waals surface area (Å²) in [5.74, 6) is -0.0259. The van der Waals surface area contributed by atoms with Crippen molar-refractivity contribution in [1.82, 2.24) is 15.1 Å². The van der Waals surface area contributed by atoms with Crippen LogP contribution in [0.15, 0.2) is 18.2 Å². The second-order valence-electron chi connectivity index (χ2n) is 8.84. The molecule has 1 aromatic rings. The number of amides is 5. The van der Waals surface area contributed by atoms with Crippen LogP contribution in [0.2, 0.25) is 0 Å². The summed E-state index contributed by atoms with van der Waals surface area (Å²) in [6.45, 7) is 9.05. The van der Waals surface area contributed by atoms with Gasteiger partial charge in [-0.25, -0.2) is 9.59 Å². The third kappa shape index (κ3) is 5.89. The topological polar surface area (TPSA) is 108 Å². The van der Waals surface area contributed by atoms with Crippen LogP contribution in [0.25, 0.3) is 0 Å². The fourth-order valence-electron chi connectivity index (χ4n) is 3.47. The lowest BCUT2D eigenvalue weighted by molar-refractivity contribution is -0.135. The molecule has 5 amide bonds. The normalized spacial score (nSPS) is 17.2. The number of hydrogen-bond donors (Lipinski definition) is 1. The van der Waals surface area contributed by atoms with Gasteiger partial charge >= 0.3 is 12.1 Å². The molecule has 10 heteroatoms. The summed E-state index contributed by atoms with van der Waals surface area (Å²) in [5.41, 5.74) is 0.923. The summed E-state index contributed by atoms with van der Waals surface area (Å²) in [4.78, 5) is 53.0. The lowest BCUT2D eigenvalue weighted by Gasteiger charge is -2.35. The van der Waals surface area contributed by atoms with Crippen LogP contribution in [0.3, 0.4) is 0 Å². The molecule has 0 radical (unpaired) electrons. The zero-order valence-electron chi connectivity index (χ0n) is 19.0. The highest BCUT2D eigenvalue weighted by Crippen LogP contribution is 2.27. The third-order valence-corrected chi connectivity index (χ3v) is 5.17. The number of ether oxygens (including phenoxy) is 2. The van der Waals surface area contributed by atoms with Gasteiger partial charge in [-0.2, -0.15) is 0 Å². The van der Waals surface area contributed by atoms with Gasteiger partial charge in [0.2, 0.25) is 5.91 Å². The Hall–Kier alpha value is -3.30. The Morgan fingerprint density at radius 2 is 1.69 bits per heavy atom. The number of rotatable bonds is 4. The number of imide groups is 1. The van der Waals surface area contributed by atoms with Crippen molar-refractivity contribution in [3.05, 3.63) is 23.8 Å². The van der Waals surface area contributed by atoms with E-state index in [1.807, 2.05) is 27.7 Å². The molecule has 0 atom stereocenters. The van der Waals surface area contributed by atoms with Crippen LogP contribution in [-0.4, -0.2) is 78.7 Å². The van der Waals surface area contributed by atoms with E-state index >= 15 is 0 Å². The molecule has 0 unspecified atom stereocenters. The Kier molecular flexibility index (Phi) is 6.90. The van der Waals surface area contributed by atoms with E-state index in [0.29, 0.717) is 37.6 Å². The second kappa shape index (κ2) is 9.46. The van der Waals surface area contributed by atoms with Crippen molar-refractivity contribution < 1.29 is 28.7 Å². The van der Waals surface area contributed by atoms with E-state index in [1.165, 1.54) is 4.90 Å². The van der Waals surface area contributed by atoms with Crippen LogP contribution in [-0.2, 0) is 14.3 Å². The van der Waals surface area contributed by atoms with E-state index in [2.05, 4.69) is 5.32 Å². The largest absolute Gasteiger partial charge is 0.484 e. The first-order valence-corrected chi connectivity index (χ1v) is 10.6. The number of benzene rings is 1. The Bertz CT molecular complexity index is 902. The zero-order chi connectivity index (χ0) is 23.5. The quantitative estimate of drug-likeness (QED) is 0.757. The number of nitrogens with zero attached hydrogens (tertiary/aromatic N) is 3. The Labute approximate surface area is 187 Å². The van der Waals surface area contributed by atoms with E-state index in [0.717, 1.165) is 5.56 Å². The van der Waals surface area contributed by atoms with Crippen LogP contribution >= 0.6 is 0 Å². The van der Waals surface area contributed by atoms with Gasteiger partial charge in [0.1, 0.15) is 11.4 Å². The number of hydrogen-bond acceptors (Lipinski definition) is 6. The highest BCUT2D eigenvalue weighted by molar-refractivity contribution is 6.06. The summed E-state index contributed by atoms with van der Waals surface area (Å²) in [6.07, 6.45) is -0.152. The van der Waals surface area contributed by atoms with Gasteiger partial charge in [0.15, 0.2) is 6.61 Å².